The van der Waals surface area contributed by atoms with Gasteiger partial charge in [-0.25, -0.2) is 0 Å². The van der Waals surface area contributed by atoms with Crippen LogP contribution in [0.15, 0.2) is 54.2 Å². The topological polar surface area (TPSA) is 74.1 Å². The van der Waals surface area contributed by atoms with Gasteiger partial charge < -0.3 is 15.4 Å². The van der Waals surface area contributed by atoms with E-state index in [-0.39, 0.29) is 17.5 Å². The molecule has 1 unspecified atom stereocenters. The van der Waals surface area contributed by atoms with E-state index in [2.05, 4.69) is 24.5 Å². The Morgan fingerprint density at radius 1 is 1.14 bits per heavy atom. The number of ether oxygens (including phenoxy) is 1. The van der Waals surface area contributed by atoms with Crippen LogP contribution in [0.1, 0.15) is 49.4 Å². The van der Waals surface area contributed by atoms with Crippen molar-refractivity contribution < 1.29 is 9.53 Å². The number of aryl methyl sites for hydroxylation is 1. The van der Waals surface area contributed by atoms with Crippen LogP contribution in [0, 0.1) is 18.3 Å². The van der Waals surface area contributed by atoms with Crippen LogP contribution in [-0.4, -0.2) is 13.0 Å². The van der Waals surface area contributed by atoms with Gasteiger partial charge in [0, 0.05) is 17.9 Å². The predicted molar refractivity (Wildman–Crippen MR) is 112 cm³/mol. The fourth-order valence-electron chi connectivity index (χ4n) is 2.87. The summed E-state index contributed by atoms with van der Waals surface area (Å²) in [4.78, 5) is 12.6. The summed E-state index contributed by atoms with van der Waals surface area (Å²) in [6.45, 7) is 8.05. The smallest absolute Gasteiger partial charge is 0.267 e. The number of benzene rings is 2. The summed E-state index contributed by atoms with van der Waals surface area (Å²) in [6.07, 6.45) is 1.47. The highest BCUT2D eigenvalue weighted by Gasteiger charge is 2.15. The number of hydrogen-bond donors (Lipinski definition) is 2. The third-order valence-corrected chi connectivity index (χ3v) is 4.62. The predicted octanol–water partition coefficient (Wildman–Crippen LogP) is 4.82. The molecule has 0 aliphatic carbocycles. The second kappa shape index (κ2) is 9.61. The lowest BCUT2D eigenvalue weighted by molar-refractivity contribution is -0.112. The number of para-hydroxylation sites is 1. The first-order valence-corrected chi connectivity index (χ1v) is 9.28. The van der Waals surface area contributed by atoms with Crippen molar-refractivity contribution in [2.24, 2.45) is 0 Å². The number of carbonyl (C=O) groups is 1. The molecule has 1 amide bonds. The number of nitrogens with one attached hydrogen (secondary N) is 2. The molecule has 0 radical (unpaired) electrons. The van der Waals surface area contributed by atoms with Crippen molar-refractivity contribution in [3.8, 4) is 11.8 Å². The summed E-state index contributed by atoms with van der Waals surface area (Å²) in [5.74, 6) is 0.619. The van der Waals surface area contributed by atoms with Gasteiger partial charge in [0.05, 0.1) is 7.11 Å². The van der Waals surface area contributed by atoms with Gasteiger partial charge in [0.1, 0.15) is 17.4 Å². The van der Waals surface area contributed by atoms with E-state index in [9.17, 15) is 10.1 Å². The molecule has 2 rings (SSSR count). The van der Waals surface area contributed by atoms with E-state index in [0.29, 0.717) is 0 Å². The van der Waals surface area contributed by atoms with Gasteiger partial charge in [-0.3, -0.25) is 4.79 Å². The number of anilines is 1. The van der Waals surface area contributed by atoms with Crippen LogP contribution in [0.4, 0.5) is 5.69 Å². The molecule has 146 valence electrons. The molecule has 2 N–H and O–H groups in total. The minimum Gasteiger partial charge on any atom is -0.497 e. The zero-order valence-corrected chi connectivity index (χ0v) is 17.0. The van der Waals surface area contributed by atoms with Crippen LogP contribution in [0.3, 0.4) is 0 Å². The van der Waals surface area contributed by atoms with Crippen molar-refractivity contribution in [2.75, 3.05) is 12.4 Å². The van der Waals surface area contributed by atoms with E-state index < -0.39 is 5.91 Å². The normalized spacial score (nSPS) is 12.2. The van der Waals surface area contributed by atoms with E-state index in [1.54, 1.807) is 7.11 Å². The first kappa shape index (κ1) is 21.0. The molecular weight excluding hydrogens is 350 g/mol. The van der Waals surface area contributed by atoms with Crippen LogP contribution >= 0.6 is 0 Å². The largest absolute Gasteiger partial charge is 0.497 e. The Labute approximate surface area is 167 Å². The van der Waals surface area contributed by atoms with Gasteiger partial charge in [-0.15, -0.1) is 0 Å². The summed E-state index contributed by atoms with van der Waals surface area (Å²) in [7, 11) is 1.62. The number of rotatable bonds is 7. The zero-order chi connectivity index (χ0) is 20.7. The van der Waals surface area contributed by atoms with Crippen molar-refractivity contribution in [1.29, 1.82) is 5.26 Å². The number of amides is 1. The molecule has 1 atom stereocenters. The highest BCUT2D eigenvalue weighted by Crippen LogP contribution is 2.27. The Morgan fingerprint density at radius 3 is 2.39 bits per heavy atom. The van der Waals surface area contributed by atoms with Gasteiger partial charge in [0.15, 0.2) is 0 Å². The molecule has 0 aliphatic heterocycles. The van der Waals surface area contributed by atoms with Crippen molar-refractivity contribution >= 4 is 11.6 Å². The molecular formula is C23H27N3O2. The molecule has 0 fully saturated rings. The fourth-order valence-corrected chi connectivity index (χ4v) is 2.87. The molecule has 0 spiro atoms. The summed E-state index contributed by atoms with van der Waals surface area (Å²) < 4.78 is 5.16. The summed E-state index contributed by atoms with van der Waals surface area (Å²) in [6, 6.07) is 15.5. The van der Waals surface area contributed by atoms with Crippen LogP contribution in [0.25, 0.3) is 0 Å². The lowest BCUT2D eigenvalue weighted by Gasteiger charge is -2.17. The summed E-state index contributed by atoms with van der Waals surface area (Å²) in [5.41, 5.74) is 3.84. The minimum atomic E-state index is -0.423. The Kier molecular flexibility index (Phi) is 7.22. The van der Waals surface area contributed by atoms with Gasteiger partial charge in [-0.1, -0.05) is 44.2 Å². The third kappa shape index (κ3) is 5.14. The molecule has 0 saturated heterocycles. The van der Waals surface area contributed by atoms with Gasteiger partial charge in [0.25, 0.3) is 5.91 Å². The standard InChI is InChI=1S/C23H27N3O2/c1-15(2)21-8-6-7-16(3)22(21)26-23(27)19(13-24)14-25-17(4)18-9-11-20(28-5)12-10-18/h6-12,14-15,17,25H,1-5H3,(H,26,27)/b19-14-. The maximum Gasteiger partial charge on any atom is 0.267 e. The number of nitrogens with zero attached hydrogens (tertiary/aromatic N) is 1. The van der Waals surface area contributed by atoms with Crippen LogP contribution in [0.2, 0.25) is 0 Å². The number of nitriles is 1. The average Bonchev–Trinajstić information content (AvgIpc) is 2.69. The quantitative estimate of drug-likeness (QED) is 0.536. The second-order valence-electron chi connectivity index (χ2n) is 6.98. The van der Waals surface area contributed by atoms with E-state index in [4.69, 9.17) is 4.74 Å². The molecule has 2 aromatic carbocycles. The molecule has 0 aromatic heterocycles. The van der Waals surface area contributed by atoms with Gasteiger partial charge in [-0.05, 0) is 48.6 Å². The second-order valence-corrected chi connectivity index (χ2v) is 6.98. The van der Waals surface area contributed by atoms with Crippen molar-refractivity contribution in [2.45, 2.75) is 39.7 Å². The maximum absolute atomic E-state index is 12.6. The van der Waals surface area contributed by atoms with Crippen LogP contribution < -0.4 is 15.4 Å². The molecule has 28 heavy (non-hydrogen) atoms. The summed E-state index contributed by atoms with van der Waals surface area (Å²) >= 11 is 0. The van der Waals surface area contributed by atoms with E-state index in [1.165, 1.54) is 6.20 Å². The summed E-state index contributed by atoms with van der Waals surface area (Å²) in [5, 5.41) is 15.5. The van der Waals surface area contributed by atoms with Crippen molar-refractivity contribution in [1.82, 2.24) is 5.32 Å². The van der Waals surface area contributed by atoms with Crippen LogP contribution in [-0.2, 0) is 4.79 Å². The van der Waals surface area contributed by atoms with Gasteiger partial charge >= 0.3 is 0 Å². The zero-order valence-electron chi connectivity index (χ0n) is 17.0. The Hall–Kier alpha value is -3.26. The lowest BCUT2D eigenvalue weighted by Crippen LogP contribution is -2.19. The van der Waals surface area contributed by atoms with E-state index >= 15 is 0 Å². The SMILES string of the molecule is COc1ccc(C(C)N/C=C(/C#N)C(=O)Nc2c(C)cccc2C(C)C)cc1. The highest BCUT2D eigenvalue weighted by atomic mass is 16.5. The Balaban J connectivity index is 2.14. The van der Waals surface area contributed by atoms with Gasteiger partial charge in [0.2, 0.25) is 0 Å². The molecule has 0 heterocycles. The van der Waals surface area contributed by atoms with E-state index in [1.807, 2.05) is 62.4 Å². The monoisotopic (exact) mass is 377 g/mol. The molecule has 0 aliphatic rings. The lowest BCUT2D eigenvalue weighted by atomic mass is 9.98. The Morgan fingerprint density at radius 2 is 1.82 bits per heavy atom. The molecule has 0 bridgehead atoms. The van der Waals surface area contributed by atoms with E-state index in [0.717, 1.165) is 28.1 Å². The highest BCUT2D eigenvalue weighted by molar-refractivity contribution is 6.07. The first-order chi connectivity index (χ1) is 13.4. The van der Waals surface area contributed by atoms with Crippen LogP contribution in [0.5, 0.6) is 5.75 Å². The number of carbonyl (C=O) groups excluding carboxylic acids is 1. The average molecular weight is 377 g/mol. The van der Waals surface area contributed by atoms with Crippen molar-refractivity contribution in [3.05, 3.63) is 70.9 Å². The minimum absolute atomic E-state index is 0.0262. The fraction of sp³-hybridized carbons (Fsp3) is 0.304. The number of methoxy groups -OCH3 is 1. The number of hydrogen-bond acceptors (Lipinski definition) is 4. The molecule has 5 heteroatoms. The van der Waals surface area contributed by atoms with Crippen molar-refractivity contribution in [3.63, 3.8) is 0 Å². The molecule has 0 saturated carbocycles. The first-order valence-electron chi connectivity index (χ1n) is 9.28. The van der Waals surface area contributed by atoms with Gasteiger partial charge in [-0.2, -0.15) is 5.26 Å². The molecule has 2 aromatic rings. The maximum atomic E-state index is 12.6. The molecule has 5 nitrogen and oxygen atoms in total. The third-order valence-electron chi connectivity index (χ3n) is 4.62. The Bertz CT molecular complexity index is 893.